The van der Waals surface area contributed by atoms with Crippen LogP contribution in [0.5, 0.6) is 0 Å². The van der Waals surface area contributed by atoms with E-state index in [-0.39, 0.29) is 6.10 Å². The predicted octanol–water partition coefficient (Wildman–Crippen LogP) is 2.26. The summed E-state index contributed by atoms with van der Waals surface area (Å²) < 4.78 is 5.67. The molecule has 4 heteroatoms. The molecule has 0 saturated heterocycles. The lowest BCUT2D eigenvalue weighted by Crippen LogP contribution is -2.38. The fraction of sp³-hybridized carbons (Fsp3) is 1.00. The molecule has 0 aromatic rings. The number of nitrogens with one attached hydrogen (secondary N) is 1. The molecule has 0 bridgehead atoms. The van der Waals surface area contributed by atoms with E-state index in [2.05, 4.69) is 38.0 Å². The van der Waals surface area contributed by atoms with Gasteiger partial charge in [-0.05, 0) is 39.2 Å². The summed E-state index contributed by atoms with van der Waals surface area (Å²) >= 11 is 0. The van der Waals surface area contributed by atoms with Gasteiger partial charge in [0, 0.05) is 25.7 Å². The first kappa shape index (κ1) is 18.9. The summed E-state index contributed by atoms with van der Waals surface area (Å²) in [4.78, 5) is 2.45. The van der Waals surface area contributed by atoms with Crippen LogP contribution in [0.3, 0.4) is 0 Å². The highest BCUT2D eigenvalue weighted by molar-refractivity contribution is 4.75. The molecule has 2 unspecified atom stereocenters. The van der Waals surface area contributed by atoms with Crippen LogP contribution >= 0.6 is 0 Å². The number of hydrogen-bond donors (Lipinski definition) is 2. The highest BCUT2D eigenvalue weighted by Gasteiger charge is 2.18. The number of likely N-dealkylation sites (N-methyl/N-ethyl adjacent to an activating group) is 1. The largest absolute Gasteiger partial charge is 0.389 e. The molecule has 2 atom stereocenters. The molecule has 0 aromatic heterocycles. The Kier molecular flexibility index (Phi) is 9.49. The second-order valence-corrected chi connectivity index (χ2v) is 7.05. The first-order valence-electron chi connectivity index (χ1n) is 8.69. The lowest BCUT2D eigenvalue weighted by atomic mass is 10.1. The first-order chi connectivity index (χ1) is 9.99. The van der Waals surface area contributed by atoms with Crippen LogP contribution in [0.25, 0.3) is 0 Å². The summed E-state index contributed by atoms with van der Waals surface area (Å²) in [7, 11) is 2.21. The highest BCUT2D eigenvalue weighted by atomic mass is 16.5. The van der Waals surface area contributed by atoms with Crippen LogP contribution in [0.1, 0.15) is 52.9 Å². The molecule has 21 heavy (non-hydrogen) atoms. The molecule has 1 aliphatic rings. The topological polar surface area (TPSA) is 44.7 Å². The molecule has 1 rings (SSSR count). The number of aliphatic hydroxyl groups is 1. The predicted molar refractivity (Wildman–Crippen MR) is 88.6 cm³/mol. The summed E-state index contributed by atoms with van der Waals surface area (Å²) in [5, 5.41) is 13.2. The standard InChI is InChI=1S/C17H36N2O2/c1-14(2)11-15(3)21-13-17(20)12-18-9-10-19(4)16-7-5-6-8-16/h14-18,20H,5-13H2,1-4H3. The Labute approximate surface area is 131 Å². The molecule has 0 aromatic carbocycles. The third-order valence-electron chi connectivity index (χ3n) is 4.35. The molecule has 0 radical (unpaired) electrons. The lowest BCUT2D eigenvalue weighted by Gasteiger charge is -2.24. The van der Waals surface area contributed by atoms with Crippen molar-refractivity contribution in [3.05, 3.63) is 0 Å². The van der Waals surface area contributed by atoms with Crippen LogP contribution in [0.15, 0.2) is 0 Å². The number of nitrogens with zero attached hydrogens (tertiary/aromatic N) is 1. The highest BCUT2D eigenvalue weighted by Crippen LogP contribution is 2.21. The van der Waals surface area contributed by atoms with Crippen LogP contribution in [0.4, 0.5) is 0 Å². The van der Waals surface area contributed by atoms with Gasteiger partial charge in [-0.15, -0.1) is 0 Å². The minimum atomic E-state index is -0.406. The van der Waals surface area contributed by atoms with Gasteiger partial charge >= 0.3 is 0 Å². The van der Waals surface area contributed by atoms with Gasteiger partial charge in [0.25, 0.3) is 0 Å². The molecule has 0 spiro atoms. The second-order valence-electron chi connectivity index (χ2n) is 7.05. The minimum Gasteiger partial charge on any atom is -0.389 e. The van der Waals surface area contributed by atoms with Gasteiger partial charge in [0.15, 0.2) is 0 Å². The Morgan fingerprint density at radius 2 is 1.90 bits per heavy atom. The van der Waals surface area contributed by atoms with E-state index in [1.807, 2.05) is 0 Å². The Balaban J connectivity index is 1.98. The number of hydrogen-bond acceptors (Lipinski definition) is 4. The van der Waals surface area contributed by atoms with E-state index in [1.165, 1.54) is 25.7 Å². The van der Waals surface area contributed by atoms with Gasteiger partial charge in [-0.2, -0.15) is 0 Å². The van der Waals surface area contributed by atoms with Gasteiger partial charge < -0.3 is 20.1 Å². The third kappa shape index (κ3) is 8.77. The van der Waals surface area contributed by atoms with Crippen molar-refractivity contribution < 1.29 is 9.84 Å². The van der Waals surface area contributed by atoms with Crippen LogP contribution in [0.2, 0.25) is 0 Å². The van der Waals surface area contributed by atoms with Crippen molar-refractivity contribution in [1.29, 1.82) is 0 Å². The van der Waals surface area contributed by atoms with Crippen LogP contribution in [-0.2, 0) is 4.74 Å². The Morgan fingerprint density at radius 1 is 1.24 bits per heavy atom. The van der Waals surface area contributed by atoms with E-state index in [9.17, 15) is 5.11 Å². The van der Waals surface area contributed by atoms with Gasteiger partial charge in [0.05, 0.1) is 18.8 Å². The number of rotatable bonds is 11. The summed E-state index contributed by atoms with van der Waals surface area (Å²) in [6.45, 7) is 9.51. The van der Waals surface area contributed by atoms with E-state index in [0.29, 0.717) is 19.1 Å². The quantitative estimate of drug-likeness (QED) is 0.575. The van der Waals surface area contributed by atoms with Crippen molar-refractivity contribution >= 4 is 0 Å². The number of aliphatic hydroxyl groups excluding tert-OH is 1. The first-order valence-corrected chi connectivity index (χ1v) is 8.69. The summed E-state index contributed by atoms with van der Waals surface area (Å²) in [5.74, 6) is 0.640. The SMILES string of the molecule is CC(C)CC(C)OCC(O)CNCCN(C)C1CCCC1. The average molecular weight is 300 g/mol. The van der Waals surface area contributed by atoms with Gasteiger partial charge in [-0.3, -0.25) is 0 Å². The molecule has 0 aliphatic heterocycles. The molecule has 0 amide bonds. The smallest absolute Gasteiger partial charge is 0.0897 e. The van der Waals surface area contributed by atoms with Crippen LogP contribution in [0, 0.1) is 5.92 Å². The van der Waals surface area contributed by atoms with Crippen molar-refractivity contribution in [2.75, 3.05) is 33.3 Å². The van der Waals surface area contributed by atoms with E-state index < -0.39 is 6.10 Å². The van der Waals surface area contributed by atoms with Gasteiger partial charge in [-0.25, -0.2) is 0 Å². The van der Waals surface area contributed by atoms with Crippen molar-refractivity contribution in [3.63, 3.8) is 0 Å². The molecule has 1 aliphatic carbocycles. The van der Waals surface area contributed by atoms with E-state index in [4.69, 9.17) is 4.74 Å². The number of ether oxygens (including phenoxy) is 1. The van der Waals surface area contributed by atoms with Crippen molar-refractivity contribution in [2.45, 2.75) is 71.1 Å². The maximum Gasteiger partial charge on any atom is 0.0897 e. The third-order valence-corrected chi connectivity index (χ3v) is 4.35. The zero-order valence-electron chi connectivity index (χ0n) is 14.5. The minimum absolute atomic E-state index is 0.230. The fourth-order valence-corrected chi connectivity index (χ4v) is 3.12. The molecule has 126 valence electrons. The maximum atomic E-state index is 9.91. The molecule has 1 saturated carbocycles. The molecule has 4 nitrogen and oxygen atoms in total. The van der Waals surface area contributed by atoms with Gasteiger partial charge in [0.2, 0.25) is 0 Å². The van der Waals surface area contributed by atoms with Gasteiger partial charge in [0.1, 0.15) is 0 Å². The summed E-state index contributed by atoms with van der Waals surface area (Å²) in [6, 6.07) is 0.775. The molecule has 0 heterocycles. The lowest BCUT2D eigenvalue weighted by molar-refractivity contribution is -0.00857. The molecule has 2 N–H and O–H groups in total. The average Bonchev–Trinajstić information content (AvgIpc) is 2.94. The zero-order valence-corrected chi connectivity index (χ0v) is 14.5. The van der Waals surface area contributed by atoms with Crippen molar-refractivity contribution in [1.82, 2.24) is 10.2 Å². The zero-order chi connectivity index (χ0) is 15.7. The van der Waals surface area contributed by atoms with Gasteiger partial charge in [-0.1, -0.05) is 26.7 Å². The van der Waals surface area contributed by atoms with E-state index in [0.717, 1.165) is 25.6 Å². The molecule has 1 fully saturated rings. The summed E-state index contributed by atoms with van der Waals surface area (Å²) in [5.41, 5.74) is 0. The van der Waals surface area contributed by atoms with Crippen molar-refractivity contribution in [3.8, 4) is 0 Å². The normalized spacial score (nSPS) is 19.6. The Morgan fingerprint density at radius 3 is 2.52 bits per heavy atom. The molecular weight excluding hydrogens is 264 g/mol. The Bertz CT molecular complexity index is 255. The maximum absolute atomic E-state index is 9.91. The fourth-order valence-electron chi connectivity index (χ4n) is 3.12. The van der Waals surface area contributed by atoms with E-state index in [1.54, 1.807) is 0 Å². The second kappa shape index (κ2) is 10.5. The Hall–Kier alpha value is -0.160. The van der Waals surface area contributed by atoms with Crippen LogP contribution < -0.4 is 5.32 Å². The molecular formula is C17H36N2O2. The van der Waals surface area contributed by atoms with Crippen LogP contribution in [-0.4, -0.2) is 61.5 Å². The monoisotopic (exact) mass is 300 g/mol. The summed E-state index contributed by atoms with van der Waals surface area (Å²) in [6.07, 6.45) is 6.33. The van der Waals surface area contributed by atoms with Crippen molar-refractivity contribution in [2.24, 2.45) is 5.92 Å². The van der Waals surface area contributed by atoms with E-state index >= 15 is 0 Å².